The van der Waals surface area contributed by atoms with E-state index < -0.39 is 5.97 Å². The Bertz CT molecular complexity index is 359. The maximum Gasteiger partial charge on any atom is 0.317 e. The molecule has 5 nitrogen and oxygen atoms in total. The predicted molar refractivity (Wildman–Crippen MR) is 76.5 cm³/mol. The number of carbonyl (C=O) groups excluding carboxylic acids is 1. The van der Waals surface area contributed by atoms with E-state index in [1.165, 1.54) is 19.3 Å². The topological polar surface area (TPSA) is 69.6 Å². The number of rotatable bonds is 4. The molecule has 5 heteroatoms. The fourth-order valence-corrected chi connectivity index (χ4v) is 3.57. The number of hydrogen-bond acceptors (Lipinski definition) is 2. The van der Waals surface area contributed by atoms with Gasteiger partial charge in [-0.15, -0.1) is 0 Å². The van der Waals surface area contributed by atoms with Crippen molar-refractivity contribution in [3.05, 3.63) is 0 Å². The normalized spacial score (nSPS) is 30.2. The Hall–Kier alpha value is -1.26. The Labute approximate surface area is 120 Å². The van der Waals surface area contributed by atoms with Gasteiger partial charge in [0.2, 0.25) is 0 Å². The number of nitrogens with one attached hydrogen (secondary N) is 1. The molecule has 2 aliphatic rings. The molecule has 0 aromatic carbocycles. The third kappa shape index (κ3) is 3.87. The number of carbonyl (C=O) groups is 2. The molecule has 3 atom stereocenters. The zero-order valence-corrected chi connectivity index (χ0v) is 12.3. The summed E-state index contributed by atoms with van der Waals surface area (Å²) in [7, 11) is 0. The maximum absolute atomic E-state index is 12.3. The van der Waals surface area contributed by atoms with E-state index in [4.69, 9.17) is 5.11 Å². The summed E-state index contributed by atoms with van der Waals surface area (Å²) in [5.74, 6) is -0.0964. The van der Waals surface area contributed by atoms with Crippen LogP contribution in [-0.2, 0) is 4.79 Å². The van der Waals surface area contributed by atoms with Crippen molar-refractivity contribution >= 4 is 12.0 Å². The zero-order chi connectivity index (χ0) is 14.5. The molecule has 0 spiro atoms. The minimum atomic E-state index is -0.821. The van der Waals surface area contributed by atoms with Gasteiger partial charge in [-0.3, -0.25) is 4.79 Å². The van der Waals surface area contributed by atoms with Crippen molar-refractivity contribution in [2.45, 2.75) is 70.4 Å². The van der Waals surface area contributed by atoms with Crippen LogP contribution in [0.5, 0.6) is 0 Å². The first-order valence-electron chi connectivity index (χ1n) is 7.89. The van der Waals surface area contributed by atoms with Crippen LogP contribution in [0, 0.1) is 5.92 Å². The SMILES string of the molecule is CCC1CCCC(NC(=O)N2CCCC2CC(=O)O)C1. The Morgan fingerprint density at radius 2 is 2.05 bits per heavy atom. The third-order valence-electron chi connectivity index (χ3n) is 4.74. The molecule has 2 amide bonds. The molecular formula is C15H26N2O3. The summed E-state index contributed by atoms with van der Waals surface area (Å²) in [6.45, 7) is 2.89. The van der Waals surface area contributed by atoms with Crippen LogP contribution in [0.2, 0.25) is 0 Å². The van der Waals surface area contributed by atoms with Crippen molar-refractivity contribution in [3.8, 4) is 0 Å². The molecule has 0 aromatic heterocycles. The lowest BCUT2D eigenvalue weighted by molar-refractivity contribution is -0.137. The summed E-state index contributed by atoms with van der Waals surface area (Å²) >= 11 is 0. The number of carboxylic acids is 1. The zero-order valence-electron chi connectivity index (χ0n) is 12.3. The first-order valence-corrected chi connectivity index (χ1v) is 7.89. The van der Waals surface area contributed by atoms with E-state index in [2.05, 4.69) is 12.2 Å². The second kappa shape index (κ2) is 6.95. The second-order valence-electron chi connectivity index (χ2n) is 6.17. The number of likely N-dealkylation sites (tertiary alicyclic amines) is 1. The Kier molecular flexibility index (Phi) is 5.26. The molecule has 1 aliphatic heterocycles. The maximum atomic E-state index is 12.3. The summed E-state index contributed by atoms with van der Waals surface area (Å²) in [6.07, 6.45) is 7.54. The van der Waals surface area contributed by atoms with Crippen molar-refractivity contribution in [1.82, 2.24) is 10.2 Å². The van der Waals surface area contributed by atoms with Gasteiger partial charge >= 0.3 is 12.0 Å². The van der Waals surface area contributed by atoms with E-state index in [-0.39, 0.29) is 24.5 Å². The molecule has 2 N–H and O–H groups in total. The lowest BCUT2D eigenvalue weighted by Gasteiger charge is -2.32. The molecule has 0 bridgehead atoms. The van der Waals surface area contributed by atoms with Crippen LogP contribution in [0.4, 0.5) is 4.79 Å². The van der Waals surface area contributed by atoms with Gasteiger partial charge in [0.25, 0.3) is 0 Å². The molecule has 1 saturated carbocycles. The quantitative estimate of drug-likeness (QED) is 0.832. The van der Waals surface area contributed by atoms with Crippen LogP contribution in [0.15, 0.2) is 0 Å². The molecule has 0 aromatic rings. The van der Waals surface area contributed by atoms with Crippen LogP contribution in [0.3, 0.4) is 0 Å². The number of hydrogen-bond donors (Lipinski definition) is 2. The van der Waals surface area contributed by atoms with Crippen LogP contribution in [0.1, 0.15) is 58.3 Å². The van der Waals surface area contributed by atoms with E-state index in [9.17, 15) is 9.59 Å². The summed E-state index contributed by atoms with van der Waals surface area (Å²) < 4.78 is 0. The Balaban J connectivity index is 1.85. The van der Waals surface area contributed by atoms with Gasteiger partial charge in [0, 0.05) is 18.6 Å². The number of aliphatic carboxylic acids is 1. The third-order valence-corrected chi connectivity index (χ3v) is 4.74. The van der Waals surface area contributed by atoms with Crippen molar-refractivity contribution in [1.29, 1.82) is 0 Å². The van der Waals surface area contributed by atoms with Crippen molar-refractivity contribution in [2.75, 3.05) is 6.54 Å². The van der Waals surface area contributed by atoms with Gasteiger partial charge in [0.1, 0.15) is 0 Å². The molecule has 1 heterocycles. The molecule has 20 heavy (non-hydrogen) atoms. The minimum absolute atomic E-state index is 0.0597. The van der Waals surface area contributed by atoms with E-state index in [0.29, 0.717) is 6.54 Å². The second-order valence-corrected chi connectivity index (χ2v) is 6.17. The smallest absolute Gasteiger partial charge is 0.317 e. The number of carboxylic acid groups (broad SMARTS) is 1. The average molecular weight is 282 g/mol. The number of nitrogens with zero attached hydrogens (tertiary/aromatic N) is 1. The van der Waals surface area contributed by atoms with Crippen LogP contribution < -0.4 is 5.32 Å². The van der Waals surface area contributed by atoms with Gasteiger partial charge in [0.15, 0.2) is 0 Å². The molecule has 1 aliphatic carbocycles. The van der Waals surface area contributed by atoms with Gasteiger partial charge in [-0.1, -0.05) is 26.2 Å². The number of urea groups is 1. The summed E-state index contributed by atoms with van der Waals surface area (Å²) in [5.41, 5.74) is 0. The Morgan fingerprint density at radius 3 is 2.75 bits per heavy atom. The van der Waals surface area contributed by atoms with Crippen molar-refractivity contribution < 1.29 is 14.7 Å². The lowest BCUT2D eigenvalue weighted by atomic mass is 9.84. The van der Waals surface area contributed by atoms with Gasteiger partial charge in [-0.05, 0) is 31.6 Å². The van der Waals surface area contributed by atoms with Gasteiger partial charge < -0.3 is 15.3 Å². The lowest BCUT2D eigenvalue weighted by Crippen LogP contribution is -2.48. The average Bonchev–Trinajstić information content (AvgIpc) is 2.86. The fraction of sp³-hybridized carbons (Fsp3) is 0.867. The largest absolute Gasteiger partial charge is 0.481 e. The molecule has 2 fully saturated rings. The van der Waals surface area contributed by atoms with Gasteiger partial charge in [0.05, 0.1) is 6.42 Å². The fourth-order valence-electron chi connectivity index (χ4n) is 3.57. The molecule has 1 saturated heterocycles. The molecular weight excluding hydrogens is 256 g/mol. The predicted octanol–water partition coefficient (Wildman–Crippen LogP) is 2.60. The van der Waals surface area contributed by atoms with Gasteiger partial charge in [-0.25, -0.2) is 4.79 Å². The van der Waals surface area contributed by atoms with E-state index in [0.717, 1.165) is 31.6 Å². The first-order chi connectivity index (χ1) is 9.60. The van der Waals surface area contributed by atoms with Crippen molar-refractivity contribution in [3.63, 3.8) is 0 Å². The molecule has 114 valence electrons. The highest BCUT2D eigenvalue weighted by Crippen LogP contribution is 2.27. The summed E-state index contributed by atoms with van der Waals surface area (Å²) in [6, 6.07) is 0.0841. The van der Waals surface area contributed by atoms with Crippen molar-refractivity contribution in [2.24, 2.45) is 5.92 Å². The van der Waals surface area contributed by atoms with Crippen LogP contribution in [-0.4, -0.2) is 40.6 Å². The highest BCUT2D eigenvalue weighted by molar-refractivity contribution is 5.76. The monoisotopic (exact) mass is 282 g/mol. The highest BCUT2D eigenvalue weighted by atomic mass is 16.4. The van der Waals surface area contributed by atoms with Crippen LogP contribution in [0.25, 0.3) is 0 Å². The molecule has 3 unspecified atom stereocenters. The number of amides is 2. The minimum Gasteiger partial charge on any atom is -0.481 e. The molecule has 2 rings (SSSR count). The highest BCUT2D eigenvalue weighted by Gasteiger charge is 2.32. The van der Waals surface area contributed by atoms with Crippen LogP contribution >= 0.6 is 0 Å². The summed E-state index contributed by atoms with van der Waals surface area (Å²) in [5, 5.41) is 12.0. The first kappa shape index (κ1) is 15.1. The summed E-state index contributed by atoms with van der Waals surface area (Å²) in [4.78, 5) is 24.9. The van der Waals surface area contributed by atoms with E-state index in [1.54, 1.807) is 4.90 Å². The molecule has 0 radical (unpaired) electrons. The standard InChI is InChI=1S/C15H26N2O3/c1-2-11-5-3-6-12(9-11)16-15(20)17-8-4-7-13(17)10-14(18)19/h11-13H,2-10H2,1H3,(H,16,20)(H,18,19). The van der Waals surface area contributed by atoms with Gasteiger partial charge in [-0.2, -0.15) is 0 Å². The van der Waals surface area contributed by atoms with E-state index >= 15 is 0 Å². The Morgan fingerprint density at radius 1 is 1.25 bits per heavy atom. The van der Waals surface area contributed by atoms with E-state index in [1.807, 2.05) is 0 Å².